The minimum Gasteiger partial charge on any atom is -0.364 e. The number of nitriles is 1. The first-order chi connectivity index (χ1) is 16.5. The number of hydrogen-bond acceptors (Lipinski definition) is 7. The lowest BCUT2D eigenvalue weighted by molar-refractivity contribution is 0.323. The van der Waals surface area contributed by atoms with E-state index in [-0.39, 0.29) is 12.6 Å². The number of sulfonamides is 1. The van der Waals surface area contributed by atoms with Gasteiger partial charge in [0.05, 0.1) is 30.4 Å². The van der Waals surface area contributed by atoms with Crippen molar-refractivity contribution >= 4 is 39.5 Å². The van der Waals surface area contributed by atoms with E-state index in [4.69, 9.17) is 0 Å². The van der Waals surface area contributed by atoms with E-state index in [1.807, 2.05) is 48.5 Å². The molecule has 0 fully saturated rings. The number of benzene rings is 2. The molecule has 0 saturated carbocycles. The summed E-state index contributed by atoms with van der Waals surface area (Å²) >= 11 is 1.40. The van der Waals surface area contributed by atoms with Crippen molar-refractivity contribution in [1.29, 1.82) is 5.26 Å². The predicted molar refractivity (Wildman–Crippen MR) is 138 cm³/mol. The lowest BCUT2D eigenvalue weighted by atomic mass is 10.1. The van der Waals surface area contributed by atoms with Gasteiger partial charge in [-0.15, -0.1) is 11.8 Å². The molecule has 0 aliphatic carbocycles. The van der Waals surface area contributed by atoms with Gasteiger partial charge in [0.2, 0.25) is 10.0 Å². The molecular weight excluding hydrogens is 466 g/mol. The van der Waals surface area contributed by atoms with Crippen LogP contribution < -0.4 is 4.90 Å². The molecule has 3 aliphatic heterocycles. The number of allylic oxidation sites excluding steroid dienone is 1. The second-order valence-electron chi connectivity index (χ2n) is 8.54. The van der Waals surface area contributed by atoms with E-state index in [2.05, 4.69) is 21.0 Å². The Balaban J connectivity index is 1.59. The average molecular weight is 492 g/mol. The van der Waals surface area contributed by atoms with Crippen molar-refractivity contribution in [3.63, 3.8) is 0 Å². The summed E-state index contributed by atoms with van der Waals surface area (Å²) < 4.78 is 29.8. The van der Waals surface area contributed by atoms with Crippen LogP contribution >= 0.6 is 11.8 Å². The summed E-state index contributed by atoms with van der Waals surface area (Å²) in [7, 11) is -3.67. The van der Waals surface area contributed by atoms with Crippen LogP contribution in [0.25, 0.3) is 0 Å². The van der Waals surface area contributed by atoms with Crippen molar-refractivity contribution in [2.24, 2.45) is 9.98 Å². The number of hydrogen-bond donors (Lipinski definition) is 0. The van der Waals surface area contributed by atoms with Gasteiger partial charge in [-0.25, -0.2) is 13.4 Å². The van der Waals surface area contributed by atoms with Crippen LogP contribution in [0.15, 0.2) is 68.8 Å². The van der Waals surface area contributed by atoms with Crippen molar-refractivity contribution in [2.75, 3.05) is 30.3 Å². The van der Waals surface area contributed by atoms with Crippen LogP contribution in [0.4, 0.5) is 5.69 Å². The summed E-state index contributed by atoms with van der Waals surface area (Å²) in [5, 5.41) is 9.51. The molecule has 0 radical (unpaired) electrons. The fraction of sp³-hybridized carbons (Fsp3) is 0.320. The number of rotatable bonds is 6. The predicted octanol–water partition coefficient (Wildman–Crippen LogP) is 3.58. The fourth-order valence-corrected chi connectivity index (χ4v) is 7.83. The highest BCUT2D eigenvalue weighted by Crippen LogP contribution is 2.37. The molecule has 0 saturated heterocycles. The van der Waals surface area contributed by atoms with Crippen LogP contribution in [0.3, 0.4) is 0 Å². The topological polar surface area (TPSA) is 89.1 Å². The molecule has 34 heavy (non-hydrogen) atoms. The van der Waals surface area contributed by atoms with Gasteiger partial charge >= 0.3 is 0 Å². The molecule has 3 aliphatic rings. The van der Waals surface area contributed by atoms with Gasteiger partial charge in [-0.1, -0.05) is 36.4 Å². The lowest BCUT2D eigenvalue weighted by Gasteiger charge is -2.32. The quantitative estimate of drug-likeness (QED) is 0.616. The summed E-state index contributed by atoms with van der Waals surface area (Å²) in [6, 6.07) is 17.5. The van der Waals surface area contributed by atoms with E-state index in [0.29, 0.717) is 35.9 Å². The fourth-order valence-electron chi connectivity index (χ4n) is 4.63. The van der Waals surface area contributed by atoms with Crippen LogP contribution in [0.5, 0.6) is 0 Å². The number of thioether (sulfide) groups is 1. The SMILES string of the molecule is N#Cc1ccc2c(c1)CN(S(=O)(=O)C1=CCCS1)C(Cc1ccccc1)CN2CC1=NC=NC1. The molecule has 3 heterocycles. The van der Waals surface area contributed by atoms with E-state index in [1.54, 1.807) is 16.7 Å². The molecule has 0 N–H and O–H groups in total. The molecule has 2 aromatic carbocycles. The molecule has 2 aromatic rings. The van der Waals surface area contributed by atoms with Gasteiger partial charge < -0.3 is 4.90 Å². The third-order valence-electron chi connectivity index (χ3n) is 6.23. The van der Waals surface area contributed by atoms with Crippen LogP contribution in [0, 0.1) is 11.3 Å². The van der Waals surface area contributed by atoms with Gasteiger partial charge in [0.15, 0.2) is 0 Å². The molecule has 1 atom stereocenters. The molecular formula is C25H25N5O2S2. The Morgan fingerprint density at radius 3 is 2.74 bits per heavy atom. The van der Waals surface area contributed by atoms with Crippen molar-refractivity contribution in [1.82, 2.24) is 4.31 Å². The molecule has 174 valence electrons. The Hall–Kier alpha value is -2.93. The Morgan fingerprint density at radius 1 is 1.18 bits per heavy atom. The molecule has 5 rings (SSSR count). The highest BCUT2D eigenvalue weighted by atomic mass is 32.3. The summed E-state index contributed by atoms with van der Waals surface area (Å²) in [5.41, 5.74) is 4.33. The highest BCUT2D eigenvalue weighted by Gasteiger charge is 2.38. The van der Waals surface area contributed by atoms with Gasteiger partial charge in [-0.3, -0.25) is 4.99 Å². The van der Waals surface area contributed by atoms with Crippen molar-refractivity contribution in [3.05, 3.63) is 75.5 Å². The largest absolute Gasteiger partial charge is 0.364 e. The molecule has 1 unspecified atom stereocenters. The van der Waals surface area contributed by atoms with E-state index >= 15 is 0 Å². The second kappa shape index (κ2) is 9.74. The van der Waals surface area contributed by atoms with Crippen LogP contribution in [0.2, 0.25) is 0 Å². The number of nitrogens with zero attached hydrogens (tertiary/aromatic N) is 5. The number of aliphatic imine (C=N–C) groups is 2. The van der Waals surface area contributed by atoms with Gasteiger partial charge in [0, 0.05) is 30.6 Å². The summed E-state index contributed by atoms with van der Waals surface area (Å²) in [5.74, 6) is 0.785. The highest BCUT2D eigenvalue weighted by molar-refractivity contribution is 8.18. The van der Waals surface area contributed by atoms with Gasteiger partial charge in [0.1, 0.15) is 10.6 Å². The first-order valence-electron chi connectivity index (χ1n) is 11.2. The Kier molecular flexibility index (Phi) is 6.55. The normalized spacial score (nSPS) is 20.4. The Morgan fingerprint density at radius 2 is 2.03 bits per heavy atom. The van der Waals surface area contributed by atoms with Crippen molar-refractivity contribution < 1.29 is 8.42 Å². The van der Waals surface area contributed by atoms with Crippen LogP contribution in [-0.4, -0.2) is 56.2 Å². The lowest BCUT2D eigenvalue weighted by Crippen LogP contribution is -2.46. The summed E-state index contributed by atoms with van der Waals surface area (Å²) in [4.78, 5) is 10.8. The molecule has 0 bridgehead atoms. The first kappa shape index (κ1) is 22.8. The minimum absolute atomic E-state index is 0.224. The zero-order chi connectivity index (χ0) is 23.5. The second-order valence-corrected chi connectivity index (χ2v) is 11.8. The van der Waals surface area contributed by atoms with Gasteiger partial charge in [-0.05, 0) is 42.2 Å². The molecule has 7 nitrogen and oxygen atoms in total. The zero-order valence-electron chi connectivity index (χ0n) is 18.7. The van der Waals surface area contributed by atoms with Crippen molar-refractivity contribution in [2.45, 2.75) is 25.4 Å². The minimum atomic E-state index is -3.67. The Labute approximate surface area is 204 Å². The van der Waals surface area contributed by atoms with E-state index in [0.717, 1.165) is 34.7 Å². The summed E-state index contributed by atoms with van der Waals surface area (Å²) in [6.07, 6.45) is 4.77. The standard InChI is InChI=1S/C25H25N5O2S2/c26-13-20-8-9-24-21(11-20)15-30(34(31,32)25-7-4-10-33-25)23(12-19-5-2-1-3-6-19)17-29(24)16-22-14-27-18-28-22/h1-3,5-9,11,18,23H,4,10,12,14-17H2. The maximum Gasteiger partial charge on any atom is 0.249 e. The molecule has 9 heteroatoms. The van der Waals surface area contributed by atoms with Gasteiger partial charge in [0.25, 0.3) is 0 Å². The van der Waals surface area contributed by atoms with Gasteiger partial charge in [-0.2, -0.15) is 9.57 Å². The third-order valence-corrected chi connectivity index (χ3v) is 9.83. The average Bonchev–Trinajstić information content (AvgIpc) is 3.55. The first-order valence-corrected chi connectivity index (χ1v) is 13.7. The Bertz CT molecular complexity index is 1310. The van der Waals surface area contributed by atoms with Crippen LogP contribution in [0.1, 0.15) is 23.1 Å². The van der Waals surface area contributed by atoms with E-state index < -0.39 is 10.0 Å². The third kappa shape index (κ3) is 4.67. The van der Waals surface area contributed by atoms with E-state index in [9.17, 15) is 13.7 Å². The smallest absolute Gasteiger partial charge is 0.249 e. The maximum absolute atomic E-state index is 13.9. The molecule has 0 spiro atoms. The van der Waals surface area contributed by atoms with Crippen LogP contribution in [-0.2, 0) is 23.0 Å². The molecule has 0 amide bonds. The maximum atomic E-state index is 13.9. The van der Waals surface area contributed by atoms with Crippen molar-refractivity contribution in [3.8, 4) is 6.07 Å². The number of fused-ring (bicyclic) bond motifs is 1. The zero-order valence-corrected chi connectivity index (χ0v) is 20.3. The monoisotopic (exact) mass is 491 g/mol. The number of anilines is 1. The summed E-state index contributed by atoms with van der Waals surface area (Å²) in [6.45, 7) is 1.86. The van der Waals surface area contributed by atoms with E-state index in [1.165, 1.54) is 11.8 Å². The molecule has 0 aromatic heterocycles.